The zero-order valence-electron chi connectivity index (χ0n) is 7.47. The first-order chi connectivity index (χ1) is 6.95. The van der Waals surface area contributed by atoms with E-state index >= 15 is 0 Å². The number of hydrogen-bond acceptors (Lipinski definition) is 3. The number of thiol groups is 1. The highest BCUT2D eigenvalue weighted by Gasteiger charge is 2.13. The third-order valence-corrected chi connectivity index (χ3v) is 3.37. The second-order valence-electron chi connectivity index (χ2n) is 2.58. The number of hydrogen-bond donors (Lipinski definition) is 2. The molecule has 1 aromatic carbocycles. The summed E-state index contributed by atoms with van der Waals surface area (Å²) in [5.74, 6) is 2.35. The molecule has 0 radical (unpaired) electrons. The smallest absolute Gasteiger partial charge is 0.262 e. The fourth-order valence-corrected chi connectivity index (χ4v) is 2.50. The van der Waals surface area contributed by atoms with Crippen LogP contribution in [0.2, 0.25) is 0 Å². The second-order valence-corrected chi connectivity index (χ2v) is 5.42. The van der Waals surface area contributed by atoms with Gasteiger partial charge in [-0.2, -0.15) is 0 Å². The van der Waals surface area contributed by atoms with Gasteiger partial charge >= 0.3 is 0 Å². The topological polar surface area (TPSA) is 46.2 Å². The Bertz CT molecular complexity index is 529. The summed E-state index contributed by atoms with van der Waals surface area (Å²) in [4.78, 5) is 0.0642. The molecule has 0 amide bonds. The van der Waals surface area contributed by atoms with Crippen molar-refractivity contribution in [2.45, 2.75) is 4.90 Å². The van der Waals surface area contributed by atoms with Gasteiger partial charge in [-0.1, -0.05) is 24.2 Å². The molecule has 0 saturated carbocycles. The van der Waals surface area contributed by atoms with Crippen LogP contribution in [0.4, 0.5) is 0 Å². The summed E-state index contributed by atoms with van der Waals surface area (Å²) < 4.78 is 25.2. The molecule has 0 fully saturated rings. The van der Waals surface area contributed by atoms with Gasteiger partial charge in [-0.15, -0.1) is 19.1 Å². The lowest BCUT2D eigenvalue weighted by Crippen LogP contribution is -2.25. The minimum Gasteiger partial charge on any atom is -0.264 e. The molecule has 0 spiro atoms. The average molecular weight is 257 g/mol. The molecule has 0 bridgehead atoms. The molecular formula is C9H7NO2S3. The van der Waals surface area contributed by atoms with Crippen molar-refractivity contribution >= 4 is 39.2 Å². The first-order valence-electron chi connectivity index (χ1n) is 3.78. The van der Waals surface area contributed by atoms with Crippen LogP contribution in [0.3, 0.4) is 0 Å². The Balaban J connectivity index is 3.17. The van der Waals surface area contributed by atoms with E-state index in [0.29, 0.717) is 5.56 Å². The summed E-state index contributed by atoms with van der Waals surface area (Å²) in [7, 11) is -3.66. The molecule has 6 heteroatoms. The minimum absolute atomic E-state index is 0.0642. The van der Waals surface area contributed by atoms with Crippen LogP contribution in [0.25, 0.3) is 0 Å². The van der Waals surface area contributed by atoms with Gasteiger partial charge in [0.1, 0.15) is 4.32 Å². The normalized spacial score (nSPS) is 10.4. The van der Waals surface area contributed by atoms with Gasteiger partial charge in [0.25, 0.3) is 10.0 Å². The molecule has 0 aliphatic carbocycles. The Kier molecular flexibility index (Phi) is 3.74. The van der Waals surface area contributed by atoms with Crippen molar-refractivity contribution in [2.24, 2.45) is 0 Å². The van der Waals surface area contributed by atoms with Crippen molar-refractivity contribution in [3.05, 3.63) is 29.8 Å². The van der Waals surface area contributed by atoms with E-state index in [0.717, 1.165) is 0 Å². The van der Waals surface area contributed by atoms with Gasteiger partial charge in [0.15, 0.2) is 0 Å². The third-order valence-electron chi connectivity index (χ3n) is 1.53. The molecule has 15 heavy (non-hydrogen) atoms. The van der Waals surface area contributed by atoms with Crippen molar-refractivity contribution < 1.29 is 8.42 Å². The maximum absolute atomic E-state index is 11.6. The van der Waals surface area contributed by atoms with E-state index < -0.39 is 10.0 Å². The predicted octanol–water partition coefficient (Wildman–Crippen LogP) is 1.16. The first-order valence-corrected chi connectivity index (χ1v) is 6.12. The van der Waals surface area contributed by atoms with E-state index in [9.17, 15) is 8.42 Å². The highest BCUT2D eigenvalue weighted by atomic mass is 32.2. The first kappa shape index (κ1) is 12.0. The molecule has 1 aromatic rings. The van der Waals surface area contributed by atoms with E-state index in [2.05, 4.69) is 35.5 Å². The van der Waals surface area contributed by atoms with Gasteiger partial charge < -0.3 is 0 Å². The molecule has 0 atom stereocenters. The molecule has 3 nitrogen and oxygen atoms in total. The SMILES string of the molecule is C#Cc1cccc(S(=O)(=O)NC(=S)S)c1. The summed E-state index contributed by atoms with van der Waals surface area (Å²) in [5, 5.41) is 0. The maximum Gasteiger partial charge on any atom is 0.262 e. The summed E-state index contributed by atoms with van der Waals surface area (Å²) in [6.45, 7) is 0. The third kappa shape index (κ3) is 3.23. The van der Waals surface area contributed by atoms with Gasteiger partial charge in [-0.05, 0) is 18.2 Å². The van der Waals surface area contributed by atoms with Crippen molar-refractivity contribution in [1.29, 1.82) is 0 Å². The Morgan fingerprint density at radius 2 is 2.20 bits per heavy atom. The molecule has 0 aliphatic heterocycles. The van der Waals surface area contributed by atoms with E-state index in [1.807, 2.05) is 0 Å². The van der Waals surface area contributed by atoms with Crippen LogP contribution in [0, 0.1) is 12.3 Å². The predicted molar refractivity (Wildman–Crippen MR) is 66.3 cm³/mol. The second kappa shape index (κ2) is 4.66. The van der Waals surface area contributed by atoms with Gasteiger partial charge in [0, 0.05) is 5.56 Å². The Morgan fingerprint density at radius 1 is 1.53 bits per heavy atom. The summed E-state index contributed by atoms with van der Waals surface area (Å²) >= 11 is 8.23. The fourth-order valence-electron chi connectivity index (χ4n) is 0.927. The van der Waals surface area contributed by atoms with E-state index in [-0.39, 0.29) is 9.22 Å². The summed E-state index contributed by atoms with van der Waals surface area (Å²) in [6.07, 6.45) is 5.16. The number of benzene rings is 1. The quantitative estimate of drug-likeness (QED) is 0.475. The lowest BCUT2D eigenvalue weighted by molar-refractivity contribution is 0.593. The number of terminal acetylenes is 1. The van der Waals surface area contributed by atoms with Crippen molar-refractivity contribution in [3.63, 3.8) is 0 Å². The Morgan fingerprint density at radius 3 is 2.73 bits per heavy atom. The molecule has 0 heterocycles. The van der Waals surface area contributed by atoms with Crippen LogP contribution in [0.15, 0.2) is 29.2 Å². The minimum atomic E-state index is -3.66. The molecule has 0 unspecified atom stereocenters. The largest absolute Gasteiger partial charge is 0.264 e. The van der Waals surface area contributed by atoms with E-state index in [1.54, 1.807) is 12.1 Å². The van der Waals surface area contributed by atoms with Gasteiger partial charge in [0.05, 0.1) is 4.90 Å². The highest BCUT2D eigenvalue weighted by molar-refractivity contribution is 8.12. The molecule has 0 aromatic heterocycles. The number of nitrogens with one attached hydrogen (secondary N) is 1. The average Bonchev–Trinajstić information content (AvgIpc) is 2.16. The number of sulfonamides is 1. The lowest BCUT2D eigenvalue weighted by Gasteiger charge is -2.05. The molecule has 1 rings (SSSR count). The van der Waals surface area contributed by atoms with Gasteiger partial charge in [-0.25, -0.2) is 8.42 Å². The van der Waals surface area contributed by atoms with Crippen LogP contribution in [-0.2, 0) is 10.0 Å². The van der Waals surface area contributed by atoms with Crippen molar-refractivity contribution in [2.75, 3.05) is 0 Å². The Hall–Kier alpha value is -1.03. The fraction of sp³-hybridized carbons (Fsp3) is 0. The summed E-state index contributed by atoms with van der Waals surface area (Å²) in [5.41, 5.74) is 0.489. The number of rotatable bonds is 2. The van der Waals surface area contributed by atoms with Crippen molar-refractivity contribution in [1.82, 2.24) is 4.72 Å². The van der Waals surface area contributed by atoms with E-state index in [1.165, 1.54) is 12.1 Å². The van der Waals surface area contributed by atoms with Crippen molar-refractivity contribution in [3.8, 4) is 12.3 Å². The monoisotopic (exact) mass is 257 g/mol. The van der Waals surface area contributed by atoms with Crippen LogP contribution in [0.5, 0.6) is 0 Å². The van der Waals surface area contributed by atoms with Crippen LogP contribution >= 0.6 is 24.8 Å². The molecule has 0 saturated heterocycles. The molecule has 0 aliphatic rings. The molecule has 78 valence electrons. The zero-order chi connectivity index (χ0) is 11.5. The van der Waals surface area contributed by atoms with Crippen LogP contribution < -0.4 is 4.72 Å². The molecule has 1 N–H and O–H groups in total. The standard InChI is InChI=1S/C9H7NO2S3/c1-2-7-4-3-5-8(6-7)15(11,12)10-9(13)14/h1,3-6H,(H2,10,13,14). The number of thiocarbonyl (C=S) groups is 1. The molecular weight excluding hydrogens is 250 g/mol. The summed E-state index contributed by atoms with van der Waals surface area (Å²) in [6, 6.07) is 6.01. The van der Waals surface area contributed by atoms with Crippen LogP contribution in [0.1, 0.15) is 5.56 Å². The maximum atomic E-state index is 11.6. The van der Waals surface area contributed by atoms with Gasteiger partial charge in [0.2, 0.25) is 0 Å². The van der Waals surface area contributed by atoms with Gasteiger partial charge in [-0.3, -0.25) is 4.72 Å². The zero-order valence-corrected chi connectivity index (χ0v) is 9.99. The Labute approximate surface area is 99.3 Å². The van der Waals surface area contributed by atoms with Crippen LogP contribution in [-0.4, -0.2) is 12.7 Å². The lowest BCUT2D eigenvalue weighted by atomic mass is 10.2. The van der Waals surface area contributed by atoms with E-state index in [4.69, 9.17) is 6.42 Å². The highest BCUT2D eigenvalue weighted by Crippen LogP contribution is 2.10.